The van der Waals surface area contributed by atoms with Crippen LogP contribution in [0.1, 0.15) is 30.9 Å². The topological polar surface area (TPSA) is 38.7 Å². The summed E-state index contributed by atoms with van der Waals surface area (Å²) >= 11 is 0. The highest BCUT2D eigenvalue weighted by Gasteiger charge is 2.08. The molecule has 0 saturated carbocycles. The van der Waals surface area contributed by atoms with Crippen LogP contribution in [0.15, 0.2) is 42.5 Å². The first-order valence-electron chi connectivity index (χ1n) is 6.69. The summed E-state index contributed by atoms with van der Waals surface area (Å²) in [5, 5.41) is 9.40. The van der Waals surface area contributed by atoms with Crippen LogP contribution in [0.3, 0.4) is 0 Å². The normalized spacial score (nSPS) is 10.6. The third-order valence-corrected chi connectivity index (χ3v) is 3.14. The highest BCUT2D eigenvalue weighted by atomic mass is 16.5. The molecule has 20 heavy (non-hydrogen) atoms. The fourth-order valence-electron chi connectivity index (χ4n) is 2.06. The molecule has 0 spiro atoms. The van der Waals surface area contributed by atoms with Crippen molar-refractivity contribution in [2.75, 3.05) is 7.11 Å². The number of rotatable bonds is 5. The molecule has 0 aromatic heterocycles. The number of benzene rings is 2. The van der Waals surface area contributed by atoms with Crippen LogP contribution in [0.5, 0.6) is 17.2 Å². The van der Waals surface area contributed by atoms with E-state index in [1.54, 1.807) is 25.3 Å². The van der Waals surface area contributed by atoms with Crippen LogP contribution in [-0.2, 0) is 6.61 Å². The average molecular weight is 272 g/mol. The van der Waals surface area contributed by atoms with Crippen LogP contribution < -0.4 is 9.47 Å². The summed E-state index contributed by atoms with van der Waals surface area (Å²) in [6.45, 7) is 4.74. The smallest absolute Gasteiger partial charge is 0.123 e. The minimum absolute atomic E-state index is 0.208. The van der Waals surface area contributed by atoms with Crippen molar-refractivity contribution in [3.8, 4) is 17.2 Å². The Morgan fingerprint density at radius 3 is 2.55 bits per heavy atom. The number of aromatic hydroxyl groups is 1. The van der Waals surface area contributed by atoms with Crippen molar-refractivity contribution < 1.29 is 14.6 Å². The van der Waals surface area contributed by atoms with Crippen LogP contribution in [-0.4, -0.2) is 12.2 Å². The van der Waals surface area contributed by atoms with Gasteiger partial charge in [-0.05, 0) is 41.3 Å². The van der Waals surface area contributed by atoms with Crippen LogP contribution in [0.4, 0.5) is 0 Å². The third kappa shape index (κ3) is 3.44. The minimum atomic E-state index is 0.208. The predicted octanol–water partition coefficient (Wildman–Crippen LogP) is 4.10. The zero-order valence-corrected chi connectivity index (χ0v) is 12.1. The van der Waals surface area contributed by atoms with Gasteiger partial charge in [-0.3, -0.25) is 0 Å². The van der Waals surface area contributed by atoms with Crippen LogP contribution in [0.25, 0.3) is 0 Å². The molecule has 0 fully saturated rings. The van der Waals surface area contributed by atoms with Crippen LogP contribution in [0, 0.1) is 0 Å². The number of hydrogen-bond donors (Lipinski definition) is 1. The maximum atomic E-state index is 9.40. The number of methoxy groups -OCH3 is 1. The fourth-order valence-corrected chi connectivity index (χ4v) is 2.06. The van der Waals surface area contributed by atoms with Crippen molar-refractivity contribution >= 4 is 0 Å². The molecule has 2 rings (SSSR count). The molecule has 0 saturated heterocycles. The van der Waals surface area contributed by atoms with Gasteiger partial charge < -0.3 is 14.6 Å². The van der Waals surface area contributed by atoms with E-state index in [1.165, 1.54) is 5.56 Å². The van der Waals surface area contributed by atoms with Crippen molar-refractivity contribution in [3.63, 3.8) is 0 Å². The molecule has 0 aliphatic carbocycles. The molecule has 3 heteroatoms. The largest absolute Gasteiger partial charge is 0.508 e. The summed E-state index contributed by atoms with van der Waals surface area (Å²) < 4.78 is 11.0. The van der Waals surface area contributed by atoms with Gasteiger partial charge in [-0.2, -0.15) is 0 Å². The van der Waals surface area contributed by atoms with E-state index in [4.69, 9.17) is 9.47 Å². The second kappa shape index (κ2) is 6.33. The molecule has 3 nitrogen and oxygen atoms in total. The van der Waals surface area contributed by atoms with Gasteiger partial charge in [-0.15, -0.1) is 0 Å². The molecule has 0 bridgehead atoms. The van der Waals surface area contributed by atoms with Gasteiger partial charge in [0.1, 0.15) is 23.9 Å². The number of phenolic OH excluding ortho intramolecular Hbond substituents is 1. The number of ether oxygens (including phenoxy) is 2. The second-order valence-electron chi connectivity index (χ2n) is 5.02. The van der Waals surface area contributed by atoms with E-state index in [1.807, 2.05) is 18.2 Å². The van der Waals surface area contributed by atoms with Crippen molar-refractivity contribution in [2.24, 2.45) is 0 Å². The molecule has 2 aromatic carbocycles. The molecule has 0 aliphatic rings. The number of phenols is 1. The van der Waals surface area contributed by atoms with E-state index in [0.717, 1.165) is 11.3 Å². The standard InChI is InChI=1S/C17H20O3/c1-12(2)16-9-13(7-8-17(16)19-3)11-20-15-6-4-5-14(18)10-15/h4-10,12,18H,11H2,1-3H3. The van der Waals surface area contributed by atoms with E-state index >= 15 is 0 Å². The SMILES string of the molecule is COc1ccc(COc2cccc(O)c2)cc1C(C)C. The Hall–Kier alpha value is -2.16. The van der Waals surface area contributed by atoms with E-state index in [-0.39, 0.29) is 5.75 Å². The van der Waals surface area contributed by atoms with Gasteiger partial charge in [0.15, 0.2) is 0 Å². The average Bonchev–Trinajstić information content (AvgIpc) is 2.45. The first-order chi connectivity index (χ1) is 9.60. The Morgan fingerprint density at radius 2 is 1.90 bits per heavy atom. The molecular weight excluding hydrogens is 252 g/mol. The lowest BCUT2D eigenvalue weighted by Crippen LogP contribution is -1.99. The van der Waals surface area contributed by atoms with Crippen molar-refractivity contribution in [1.82, 2.24) is 0 Å². The highest BCUT2D eigenvalue weighted by molar-refractivity contribution is 5.39. The lowest BCUT2D eigenvalue weighted by atomic mass is 10.00. The van der Waals surface area contributed by atoms with E-state index in [9.17, 15) is 5.11 Å². The monoisotopic (exact) mass is 272 g/mol. The second-order valence-corrected chi connectivity index (χ2v) is 5.02. The molecule has 0 radical (unpaired) electrons. The molecule has 0 atom stereocenters. The Kier molecular flexibility index (Phi) is 4.51. The molecule has 0 unspecified atom stereocenters. The minimum Gasteiger partial charge on any atom is -0.508 e. The molecule has 1 N–H and O–H groups in total. The fraction of sp³-hybridized carbons (Fsp3) is 0.294. The Morgan fingerprint density at radius 1 is 1.10 bits per heavy atom. The number of hydrogen-bond acceptors (Lipinski definition) is 3. The first kappa shape index (κ1) is 14.3. The van der Waals surface area contributed by atoms with Gasteiger partial charge in [0.05, 0.1) is 7.11 Å². The maximum absolute atomic E-state index is 9.40. The summed E-state index contributed by atoms with van der Waals surface area (Å²) in [4.78, 5) is 0. The zero-order valence-electron chi connectivity index (χ0n) is 12.1. The maximum Gasteiger partial charge on any atom is 0.123 e. The van der Waals surface area contributed by atoms with Gasteiger partial charge in [-0.1, -0.05) is 26.0 Å². The summed E-state index contributed by atoms with van der Waals surface area (Å²) in [6.07, 6.45) is 0. The first-order valence-corrected chi connectivity index (χ1v) is 6.69. The van der Waals surface area contributed by atoms with Gasteiger partial charge in [-0.25, -0.2) is 0 Å². The molecule has 0 heterocycles. The lowest BCUT2D eigenvalue weighted by Gasteiger charge is -2.14. The van der Waals surface area contributed by atoms with E-state index in [0.29, 0.717) is 18.3 Å². The molecule has 0 amide bonds. The summed E-state index contributed by atoms with van der Waals surface area (Å²) in [5.74, 6) is 2.17. The van der Waals surface area contributed by atoms with Crippen LogP contribution >= 0.6 is 0 Å². The summed E-state index contributed by atoms with van der Waals surface area (Å²) in [6, 6.07) is 12.9. The summed E-state index contributed by atoms with van der Waals surface area (Å²) in [7, 11) is 1.68. The Bertz CT molecular complexity index is 576. The summed E-state index contributed by atoms with van der Waals surface area (Å²) in [5.41, 5.74) is 2.25. The lowest BCUT2D eigenvalue weighted by molar-refractivity contribution is 0.304. The third-order valence-electron chi connectivity index (χ3n) is 3.14. The van der Waals surface area contributed by atoms with E-state index < -0.39 is 0 Å². The van der Waals surface area contributed by atoms with Gasteiger partial charge in [0.25, 0.3) is 0 Å². The van der Waals surface area contributed by atoms with Gasteiger partial charge >= 0.3 is 0 Å². The quantitative estimate of drug-likeness (QED) is 0.890. The Labute approximate surface area is 119 Å². The molecule has 0 aliphatic heterocycles. The van der Waals surface area contributed by atoms with Crippen molar-refractivity contribution in [3.05, 3.63) is 53.6 Å². The Balaban J connectivity index is 2.12. The predicted molar refractivity (Wildman–Crippen MR) is 79.5 cm³/mol. The van der Waals surface area contributed by atoms with Crippen molar-refractivity contribution in [2.45, 2.75) is 26.4 Å². The van der Waals surface area contributed by atoms with Crippen LogP contribution in [0.2, 0.25) is 0 Å². The van der Waals surface area contributed by atoms with E-state index in [2.05, 4.69) is 19.9 Å². The highest BCUT2D eigenvalue weighted by Crippen LogP contribution is 2.28. The zero-order chi connectivity index (χ0) is 14.5. The molecule has 2 aromatic rings. The van der Waals surface area contributed by atoms with Gasteiger partial charge in [0.2, 0.25) is 0 Å². The van der Waals surface area contributed by atoms with Gasteiger partial charge in [0, 0.05) is 6.07 Å². The molecular formula is C17H20O3. The molecule has 106 valence electrons. The van der Waals surface area contributed by atoms with Crippen molar-refractivity contribution in [1.29, 1.82) is 0 Å².